The number of halogens is 1. The maximum Gasteiger partial charge on any atom is 0.229 e. The van der Waals surface area contributed by atoms with Gasteiger partial charge < -0.3 is 10.6 Å². The van der Waals surface area contributed by atoms with Crippen LogP contribution in [0.3, 0.4) is 0 Å². The van der Waals surface area contributed by atoms with Gasteiger partial charge in [0.2, 0.25) is 5.91 Å². The van der Waals surface area contributed by atoms with Crippen molar-refractivity contribution in [2.75, 3.05) is 10.6 Å². The number of benzene rings is 2. The number of carbonyl (C=O) groups is 1. The summed E-state index contributed by atoms with van der Waals surface area (Å²) in [5, 5.41) is 7.82. The van der Waals surface area contributed by atoms with E-state index in [0.29, 0.717) is 11.1 Å². The molecule has 2 aromatic carbocycles. The van der Waals surface area contributed by atoms with Gasteiger partial charge in [-0.15, -0.1) is 0 Å². The van der Waals surface area contributed by atoms with Crippen LogP contribution in [0.5, 0.6) is 0 Å². The lowest BCUT2D eigenvalue weighted by Gasteiger charge is -2.33. The van der Waals surface area contributed by atoms with Gasteiger partial charge in [0, 0.05) is 34.9 Å². The molecule has 4 rings (SSSR count). The van der Waals surface area contributed by atoms with Crippen molar-refractivity contribution >= 4 is 39.9 Å². The van der Waals surface area contributed by atoms with Crippen LogP contribution in [0.25, 0.3) is 11.0 Å². The van der Waals surface area contributed by atoms with Gasteiger partial charge in [0.25, 0.3) is 0 Å². The summed E-state index contributed by atoms with van der Waals surface area (Å²) in [5.74, 6) is -0.0419. The molecule has 128 valence electrons. The molecule has 3 aromatic rings. The number of imidazole rings is 1. The molecule has 0 fully saturated rings. The summed E-state index contributed by atoms with van der Waals surface area (Å²) in [6.45, 7) is 3.72. The van der Waals surface area contributed by atoms with E-state index in [4.69, 9.17) is 11.6 Å². The number of fused-ring (bicyclic) bond motifs is 3. The van der Waals surface area contributed by atoms with Crippen LogP contribution >= 0.6 is 11.6 Å². The minimum Gasteiger partial charge on any atom is -0.382 e. The SMILES string of the molecule is CC(=O)n1cnc2ccc3c(c21)C(Nc1ccc(Cl)cc1)CC(C)N3. The lowest BCUT2D eigenvalue weighted by Crippen LogP contribution is -2.29. The van der Waals surface area contributed by atoms with Crippen LogP contribution in [0.1, 0.15) is 36.7 Å². The van der Waals surface area contributed by atoms with Crippen molar-refractivity contribution in [1.29, 1.82) is 0 Å². The van der Waals surface area contributed by atoms with E-state index in [-0.39, 0.29) is 11.9 Å². The Kier molecular flexibility index (Phi) is 3.88. The second-order valence-electron chi connectivity index (χ2n) is 6.51. The topological polar surface area (TPSA) is 59.0 Å². The van der Waals surface area contributed by atoms with Gasteiger partial charge in [-0.1, -0.05) is 11.6 Å². The third kappa shape index (κ3) is 2.85. The monoisotopic (exact) mass is 354 g/mol. The lowest BCUT2D eigenvalue weighted by molar-refractivity contribution is 0.0941. The van der Waals surface area contributed by atoms with Crippen molar-refractivity contribution in [1.82, 2.24) is 9.55 Å². The summed E-state index contributed by atoms with van der Waals surface area (Å²) in [7, 11) is 0. The Balaban J connectivity index is 1.85. The Morgan fingerprint density at radius 3 is 2.76 bits per heavy atom. The van der Waals surface area contributed by atoms with Gasteiger partial charge in [0.05, 0.1) is 17.1 Å². The molecule has 1 aliphatic heterocycles. The van der Waals surface area contributed by atoms with Crippen LogP contribution < -0.4 is 10.6 Å². The molecule has 0 saturated carbocycles. The first-order chi connectivity index (χ1) is 12.0. The molecule has 0 amide bonds. The second-order valence-corrected chi connectivity index (χ2v) is 6.95. The highest BCUT2D eigenvalue weighted by Crippen LogP contribution is 2.39. The standard InChI is InChI=1S/C19H19ClN4O/c1-11-9-17(23-14-5-3-13(20)4-6-14)18-15(22-11)7-8-16-19(18)24(10-21-16)12(2)25/h3-8,10-11,17,22-23H,9H2,1-2H3. The number of aromatic nitrogens is 2. The van der Waals surface area contributed by atoms with Crippen LogP contribution in [-0.2, 0) is 0 Å². The highest BCUT2D eigenvalue weighted by atomic mass is 35.5. The minimum atomic E-state index is -0.0419. The number of carbonyl (C=O) groups excluding carboxylic acids is 1. The van der Waals surface area contributed by atoms with Crippen LogP contribution in [0.15, 0.2) is 42.7 Å². The van der Waals surface area contributed by atoms with Crippen molar-refractivity contribution in [3.8, 4) is 0 Å². The van der Waals surface area contributed by atoms with Gasteiger partial charge in [-0.05, 0) is 49.7 Å². The maximum atomic E-state index is 12.0. The molecule has 2 atom stereocenters. The molecule has 1 aliphatic rings. The second kappa shape index (κ2) is 6.08. The summed E-state index contributed by atoms with van der Waals surface area (Å²) in [6, 6.07) is 12.1. The normalized spacial score (nSPS) is 19.3. The third-order valence-corrected chi connectivity index (χ3v) is 4.86. The lowest BCUT2D eigenvalue weighted by atomic mass is 9.92. The number of hydrogen-bond acceptors (Lipinski definition) is 4. The molecular formula is C19H19ClN4O. The number of nitrogens with zero attached hydrogens (tertiary/aromatic N) is 2. The molecule has 1 aromatic heterocycles. The van der Waals surface area contributed by atoms with Gasteiger partial charge in [0.15, 0.2) is 0 Å². The first-order valence-electron chi connectivity index (χ1n) is 8.32. The molecule has 0 bridgehead atoms. The summed E-state index contributed by atoms with van der Waals surface area (Å²) in [4.78, 5) is 16.4. The smallest absolute Gasteiger partial charge is 0.229 e. The number of hydrogen-bond donors (Lipinski definition) is 2. The van der Waals surface area contributed by atoms with Crippen LogP contribution in [0.2, 0.25) is 5.02 Å². The first-order valence-corrected chi connectivity index (χ1v) is 8.70. The molecule has 2 N–H and O–H groups in total. The van der Waals surface area contributed by atoms with Gasteiger partial charge in [-0.3, -0.25) is 9.36 Å². The molecule has 0 saturated heterocycles. The predicted molar refractivity (Wildman–Crippen MR) is 102 cm³/mol. The van der Waals surface area contributed by atoms with Gasteiger partial charge >= 0.3 is 0 Å². The molecule has 0 aliphatic carbocycles. The van der Waals surface area contributed by atoms with E-state index in [0.717, 1.165) is 34.4 Å². The fourth-order valence-corrected chi connectivity index (χ4v) is 3.65. The van der Waals surface area contributed by atoms with Crippen molar-refractivity contribution in [2.24, 2.45) is 0 Å². The zero-order chi connectivity index (χ0) is 17.6. The molecular weight excluding hydrogens is 336 g/mol. The van der Waals surface area contributed by atoms with Gasteiger partial charge in [-0.2, -0.15) is 0 Å². The number of anilines is 2. The van der Waals surface area contributed by atoms with Crippen molar-refractivity contribution in [3.63, 3.8) is 0 Å². The third-order valence-electron chi connectivity index (χ3n) is 4.61. The van der Waals surface area contributed by atoms with E-state index in [9.17, 15) is 4.79 Å². The van der Waals surface area contributed by atoms with Crippen LogP contribution in [0, 0.1) is 0 Å². The Labute approximate surface area is 151 Å². The fraction of sp³-hybridized carbons (Fsp3) is 0.263. The summed E-state index contributed by atoms with van der Waals surface area (Å²) >= 11 is 5.99. The Bertz CT molecular complexity index is 948. The van der Waals surface area contributed by atoms with E-state index in [1.165, 1.54) is 0 Å². The van der Waals surface area contributed by atoms with E-state index in [1.807, 2.05) is 36.4 Å². The largest absolute Gasteiger partial charge is 0.382 e. The molecule has 2 unspecified atom stereocenters. The van der Waals surface area contributed by atoms with E-state index < -0.39 is 0 Å². The molecule has 0 spiro atoms. The quantitative estimate of drug-likeness (QED) is 0.699. The molecule has 25 heavy (non-hydrogen) atoms. The van der Waals surface area contributed by atoms with Crippen molar-refractivity contribution < 1.29 is 4.79 Å². The maximum absolute atomic E-state index is 12.0. The highest BCUT2D eigenvalue weighted by molar-refractivity contribution is 6.30. The molecule has 5 nitrogen and oxygen atoms in total. The van der Waals surface area contributed by atoms with Gasteiger partial charge in [-0.25, -0.2) is 4.98 Å². The number of nitrogens with one attached hydrogen (secondary N) is 2. The van der Waals surface area contributed by atoms with Crippen molar-refractivity contribution in [3.05, 3.63) is 53.3 Å². The van der Waals surface area contributed by atoms with Crippen LogP contribution in [-0.4, -0.2) is 21.5 Å². The Hall–Kier alpha value is -2.53. The molecule has 0 radical (unpaired) electrons. The van der Waals surface area contributed by atoms with Crippen LogP contribution in [0.4, 0.5) is 11.4 Å². The fourth-order valence-electron chi connectivity index (χ4n) is 3.52. The molecule has 6 heteroatoms. The van der Waals surface area contributed by atoms with Gasteiger partial charge in [0.1, 0.15) is 6.33 Å². The first kappa shape index (κ1) is 16.0. The zero-order valence-electron chi connectivity index (χ0n) is 14.1. The zero-order valence-corrected chi connectivity index (χ0v) is 14.8. The summed E-state index contributed by atoms with van der Waals surface area (Å²) < 4.78 is 1.63. The number of rotatable bonds is 2. The summed E-state index contributed by atoms with van der Waals surface area (Å²) in [5.41, 5.74) is 4.82. The summed E-state index contributed by atoms with van der Waals surface area (Å²) in [6.07, 6.45) is 2.50. The van der Waals surface area contributed by atoms with E-state index in [1.54, 1.807) is 17.8 Å². The van der Waals surface area contributed by atoms with Crippen molar-refractivity contribution in [2.45, 2.75) is 32.4 Å². The predicted octanol–water partition coefficient (Wildman–Crippen LogP) is 4.71. The van der Waals surface area contributed by atoms with E-state index in [2.05, 4.69) is 22.5 Å². The molecule has 2 heterocycles. The minimum absolute atomic E-state index is 0.0419. The average Bonchev–Trinajstić information content (AvgIpc) is 3.00. The van der Waals surface area contributed by atoms with E-state index >= 15 is 0 Å². The average molecular weight is 355 g/mol. The highest BCUT2D eigenvalue weighted by Gasteiger charge is 2.28. The Morgan fingerprint density at radius 1 is 1.28 bits per heavy atom. The Morgan fingerprint density at radius 2 is 2.04 bits per heavy atom.